The van der Waals surface area contributed by atoms with E-state index in [1.54, 1.807) is 12.1 Å². The van der Waals surface area contributed by atoms with Crippen LogP contribution in [-0.2, 0) is 11.3 Å². The molecule has 22 heavy (non-hydrogen) atoms. The van der Waals surface area contributed by atoms with Gasteiger partial charge in [0.05, 0.1) is 5.56 Å². The van der Waals surface area contributed by atoms with Crippen molar-refractivity contribution in [2.45, 2.75) is 6.61 Å². The third kappa shape index (κ3) is 3.41. The van der Waals surface area contributed by atoms with E-state index in [0.29, 0.717) is 5.56 Å². The quantitative estimate of drug-likeness (QED) is 0.650. The second-order valence-corrected chi connectivity index (χ2v) is 5.01. The highest BCUT2D eigenvalue weighted by atomic mass is 16.5. The van der Waals surface area contributed by atoms with Crippen LogP contribution in [-0.4, -0.2) is 5.97 Å². The summed E-state index contributed by atoms with van der Waals surface area (Å²) >= 11 is 0. The molecule has 0 spiro atoms. The number of hydrogen-bond donors (Lipinski definition) is 0. The molecule has 0 bridgehead atoms. The van der Waals surface area contributed by atoms with E-state index in [0.717, 1.165) is 16.7 Å². The molecule has 108 valence electrons. The minimum Gasteiger partial charge on any atom is -0.457 e. The number of carbonyl (C=O) groups is 1. The van der Waals surface area contributed by atoms with Crippen molar-refractivity contribution in [3.05, 3.63) is 96.1 Å². The first-order valence-corrected chi connectivity index (χ1v) is 7.19. The van der Waals surface area contributed by atoms with E-state index >= 15 is 0 Å². The van der Waals surface area contributed by atoms with Gasteiger partial charge in [-0.2, -0.15) is 0 Å². The number of benzene rings is 3. The van der Waals surface area contributed by atoms with Crippen LogP contribution < -0.4 is 0 Å². The van der Waals surface area contributed by atoms with Crippen LogP contribution in [0, 0.1) is 0 Å². The predicted octanol–water partition coefficient (Wildman–Crippen LogP) is 4.71. The molecule has 2 nitrogen and oxygen atoms in total. The van der Waals surface area contributed by atoms with Crippen molar-refractivity contribution < 1.29 is 9.53 Å². The number of esters is 1. The van der Waals surface area contributed by atoms with Crippen LogP contribution in [0.4, 0.5) is 0 Å². The molecule has 2 heteroatoms. The predicted molar refractivity (Wildman–Crippen MR) is 87.4 cm³/mol. The molecule has 0 fully saturated rings. The van der Waals surface area contributed by atoms with E-state index in [1.165, 1.54) is 0 Å². The lowest BCUT2D eigenvalue weighted by molar-refractivity contribution is 0.0473. The van der Waals surface area contributed by atoms with Crippen LogP contribution >= 0.6 is 0 Å². The van der Waals surface area contributed by atoms with Crippen molar-refractivity contribution >= 4 is 5.97 Å². The SMILES string of the molecule is O=C(OCc1cccc(-c2ccccc2)c1)c1ccccc1. The summed E-state index contributed by atoms with van der Waals surface area (Å²) in [4.78, 5) is 12.0. The Morgan fingerprint density at radius 1 is 0.727 bits per heavy atom. The summed E-state index contributed by atoms with van der Waals surface area (Å²) < 4.78 is 5.37. The normalized spacial score (nSPS) is 10.2. The standard InChI is InChI=1S/C20H16O2/c21-20(18-11-5-2-6-12-18)22-15-16-8-7-13-19(14-16)17-9-3-1-4-10-17/h1-14H,15H2. The highest BCUT2D eigenvalue weighted by Gasteiger charge is 2.06. The van der Waals surface area contributed by atoms with Crippen molar-refractivity contribution in [3.63, 3.8) is 0 Å². The molecule has 0 saturated carbocycles. The Morgan fingerprint density at radius 2 is 1.36 bits per heavy atom. The fourth-order valence-corrected chi connectivity index (χ4v) is 2.28. The molecule has 0 aliphatic heterocycles. The molecule has 0 atom stereocenters. The van der Waals surface area contributed by atoms with Gasteiger partial charge in [0.15, 0.2) is 0 Å². The fraction of sp³-hybridized carbons (Fsp3) is 0.0500. The molecule has 0 amide bonds. The summed E-state index contributed by atoms with van der Waals surface area (Å²) in [5.41, 5.74) is 3.82. The number of rotatable bonds is 4. The van der Waals surface area contributed by atoms with Gasteiger partial charge >= 0.3 is 5.97 Å². The zero-order chi connectivity index (χ0) is 15.2. The first kappa shape index (κ1) is 14.1. The maximum absolute atomic E-state index is 12.0. The Balaban J connectivity index is 1.70. The van der Waals surface area contributed by atoms with Gasteiger partial charge in [-0.05, 0) is 34.9 Å². The van der Waals surface area contributed by atoms with Gasteiger partial charge in [-0.25, -0.2) is 4.79 Å². The Morgan fingerprint density at radius 3 is 2.09 bits per heavy atom. The van der Waals surface area contributed by atoms with Gasteiger partial charge in [0.1, 0.15) is 6.61 Å². The lowest BCUT2D eigenvalue weighted by atomic mass is 10.0. The topological polar surface area (TPSA) is 26.3 Å². The summed E-state index contributed by atoms with van der Waals surface area (Å²) in [6.07, 6.45) is 0. The lowest BCUT2D eigenvalue weighted by Gasteiger charge is -2.07. The third-order valence-electron chi connectivity index (χ3n) is 3.41. The first-order chi connectivity index (χ1) is 10.8. The summed E-state index contributed by atoms with van der Waals surface area (Å²) in [5.74, 6) is -0.300. The molecule has 0 aliphatic rings. The van der Waals surface area contributed by atoms with Crippen molar-refractivity contribution in [1.82, 2.24) is 0 Å². The molecule has 3 aromatic rings. The lowest BCUT2D eigenvalue weighted by Crippen LogP contribution is -2.04. The molecular weight excluding hydrogens is 272 g/mol. The van der Waals surface area contributed by atoms with Crippen molar-refractivity contribution in [1.29, 1.82) is 0 Å². The van der Waals surface area contributed by atoms with Gasteiger partial charge in [0.25, 0.3) is 0 Å². The van der Waals surface area contributed by atoms with Crippen LogP contribution in [0.5, 0.6) is 0 Å². The zero-order valence-corrected chi connectivity index (χ0v) is 12.1. The van der Waals surface area contributed by atoms with Gasteiger partial charge in [0, 0.05) is 0 Å². The van der Waals surface area contributed by atoms with Gasteiger partial charge in [0.2, 0.25) is 0 Å². The van der Waals surface area contributed by atoms with Gasteiger partial charge in [-0.15, -0.1) is 0 Å². The molecule has 0 N–H and O–H groups in total. The maximum Gasteiger partial charge on any atom is 0.338 e. The van der Waals surface area contributed by atoms with Crippen LogP contribution in [0.15, 0.2) is 84.9 Å². The monoisotopic (exact) mass is 288 g/mol. The van der Waals surface area contributed by atoms with Crippen LogP contribution in [0.25, 0.3) is 11.1 Å². The van der Waals surface area contributed by atoms with Crippen LogP contribution in [0.2, 0.25) is 0 Å². The Hall–Kier alpha value is -2.87. The molecule has 0 radical (unpaired) electrons. The van der Waals surface area contributed by atoms with Gasteiger partial charge < -0.3 is 4.74 Å². The Kier molecular flexibility index (Phi) is 4.30. The molecule has 0 saturated heterocycles. The van der Waals surface area contributed by atoms with E-state index in [4.69, 9.17) is 4.74 Å². The van der Waals surface area contributed by atoms with E-state index in [1.807, 2.05) is 54.6 Å². The summed E-state index contributed by atoms with van der Waals surface area (Å²) in [5, 5.41) is 0. The van der Waals surface area contributed by atoms with Crippen molar-refractivity contribution in [2.75, 3.05) is 0 Å². The van der Waals surface area contributed by atoms with E-state index in [-0.39, 0.29) is 12.6 Å². The van der Waals surface area contributed by atoms with E-state index in [2.05, 4.69) is 18.2 Å². The summed E-state index contributed by atoms with van der Waals surface area (Å²) in [6, 6.07) is 27.2. The fourth-order valence-electron chi connectivity index (χ4n) is 2.28. The van der Waals surface area contributed by atoms with Crippen molar-refractivity contribution in [2.24, 2.45) is 0 Å². The largest absolute Gasteiger partial charge is 0.457 e. The molecule has 3 rings (SSSR count). The van der Waals surface area contributed by atoms with E-state index < -0.39 is 0 Å². The second-order valence-electron chi connectivity index (χ2n) is 5.01. The zero-order valence-electron chi connectivity index (χ0n) is 12.1. The maximum atomic E-state index is 12.0. The second kappa shape index (κ2) is 6.72. The summed E-state index contributed by atoms with van der Waals surface area (Å²) in [7, 11) is 0. The Bertz CT molecular complexity index is 749. The smallest absolute Gasteiger partial charge is 0.338 e. The molecule has 3 aromatic carbocycles. The third-order valence-corrected chi connectivity index (χ3v) is 3.41. The highest BCUT2D eigenvalue weighted by molar-refractivity contribution is 5.89. The molecular formula is C20H16O2. The van der Waals surface area contributed by atoms with Gasteiger partial charge in [-0.3, -0.25) is 0 Å². The first-order valence-electron chi connectivity index (χ1n) is 7.19. The van der Waals surface area contributed by atoms with Crippen LogP contribution in [0.3, 0.4) is 0 Å². The molecule has 0 unspecified atom stereocenters. The highest BCUT2D eigenvalue weighted by Crippen LogP contribution is 2.20. The Labute approximate surface area is 130 Å². The minimum atomic E-state index is -0.300. The average molecular weight is 288 g/mol. The number of hydrogen-bond acceptors (Lipinski definition) is 2. The number of ether oxygens (including phenoxy) is 1. The molecule has 0 aromatic heterocycles. The molecule has 0 aliphatic carbocycles. The van der Waals surface area contributed by atoms with E-state index in [9.17, 15) is 4.79 Å². The number of carbonyl (C=O) groups excluding carboxylic acids is 1. The van der Waals surface area contributed by atoms with Crippen molar-refractivity contribution in [3.8, 4) is 11.1 Å². The molecule has 0 heterocycles. The minimum absolute atomic E-state index is 0.272. The average Bonchev–Trinajstić information content (AvgIpc) is 2.61. The van der Waals surface area contributed by atoms with Crippen LogP contribution in [0.1, 0.15) is 15.9 Å². The summed E-state index contributed by atoms with van der Waals surface area (Å²) in [6.45, 7) is 0.272. The van der Waals surface area contributed by atoms with Gasteiger partial charge in [-0.1, -0.05) is 66.7 Å².